The number of thiazole rings is 1. The van der Waals surface area contributed by atoms with Gasteiger partial charge in [0.05, 0.1) is 0 Å². The Morgan fingerprint density at radius 1 is 1.19 bits per heavy atom. The fourth-order valence-electron chi connectivity index (χ4n) is 3.16. The molecule has 0 spiro atoms. The Balaban J connectivity index is 1.50. The number of carbonyl (C=O) groups excluding carboxylic acids is 1. The molecule has 1 amide bonds. The van der Waals surface area contributed by atoms with E-state index in [1.54, 1.807) is 11.3 Å². The number of piperidine rings is 2. The van der Waals surface area contributed by atoms with Crippen LogP contribution in [-0.4, -0.2) is 37.1 Å². The van der Waals surface area contributed by atoms with Gasteiger partial charge in [-0.2, -0.15) is 0 Å². The lowest BCUT2D eigenvalue weighted by Crippen LogP contribution is -2.30. The van der Waals surface area contributed by atoms with Crippen LogP contribution >= 0.6 is 11.3 Å². The molecule has 0 bridgehead atoms. The highest BCUT2D eigenvalue weighted by Crippen LogP contribution is 2.31. The molecule has 3 N–H and O–H groups in total. The highest BCUT2D eigenvalue weighted by Gasteiger charge is 2.20. The lowest BCUT2D eigenvalue weighted by atomic mass is 9.94. The number of carbonyl (C=O) groups is 1. The molecule has 2 aliphatic heterocycles. The summed E-state index contributed by atoms with van der Waals surface area (Å²) in [6.07, 6.45) is 7.12. The van der Waals surface area contributed by atoms with Crippen LogP contribution in [-0.2, 0) is 4.79 Å². The zero-order chi connectivity index (χ0) is 14.5. The van der Waals surface area contributed by atoms with Gasteiger partial charge in [0, 0.05) is 17.5 Å². The maximum absolute atomic E-state index is 12.1. The van der Waals surface area contributed by atoms with Gasteiger partial charge < -0.3 is 16.0 Å². The molecule has 21 heavy (non-hydrogen) atoms. The predicted molar refractivity (Wildman–Crippen MR) is 85.8 cm³/mol. The van der Waals surface area contributed by atoms with Crippen LogP contribution in [0.1, 0.15) is 42.9 Å². The van der Waals surface area contributed by atoms with Gasteiger partial charge in [-0.3, -0.25) is 4.79 Å². The summed E-state index contributed by atoms with van der Waals surface area (Å²) in [4.78, 5) is 17.8. The zero-order valence-corrected chi connectivity index (χ0v) is 13.2. The van der Waals surface area contributed by atoms with Crippen LogP contribution < -0.4 is 16.0 Å². The number of nitrogens with zero attached hydrogens (tertiary/aromatic N) is 1. The molecule has 0 radical (unpaired) electrons. The van der Waals surface area contributed by atoms with Crippen molar-refractivity contribution in [2.24, 2.45) is 5.92 Å². The molecule has 0 aliphatic carbocycles. The van der Waals surface area contributed by atoms with Crippen LogP contribution in [0.2, 0.25) is 0 Å². The second-order valence-electron chi connectivity index (χ2n) is 6.04. The number of aromatic nitrogens is 1. The first kappa shape index (κ1) is 14.9. The molecule has 3 heterocycles. The Morgan fingerprint density at radius 3 is 2.57 bits per heavy atom. The highest BCUT2D eigenvalue weighted by molar-refractivity contribution is 7.15. The summed E-state index contributed by atoms with van der Waals surface area (Å²) < 4.78 is 0. The average molecular weight is 308 g/mol. The van der Waals surface area contributed by atoms with E-state index in [1.165, 1.54) is 17.7 Å². The van der Waals surface area contributed by atoms with Crippen LogP contribution in [0.3, 0.4) is 0 Å². The van der Waals surface area contributed by atoms with E-state index in [9.17, 15) is 4.79 Å². The van der Waals surface area contributed by atoms with E-state index < -0.39 is 0 Å². The quantitative estimate of drug-likeness (QED) is 0.795. The molecule has 2 saturated heterocycles. The zero-order valence-electron chi connectivity index (χ0n) is 12.4. The first-order valence-electron chi connectivity index (χ1n) is 7.98. The molecule has 5 nitrogen and oxygen atoms in total. The monoisotopic (exact) mass is 308 g/mol. The first-order valence-corrected chi connectivity index (χ1v) is 8.80. The van der Waals surface area contributed by atoms with E-state index in [4.69, 9.17) is 0 Å². The number of rotatable bonds is 4. The third kappa shape index (κ3) is 4.25. The Morgan fingerprint density at radius 2 is 1.86 bits per heavy atom. The summed E-state index contributed by atoms with van der Waals surface area (Å²) in [5, 5.41) is 10.5. The Hall–Kier alpha value is -0.980. The van der Waals surface area contributed by atoms with Crippen molar-refractivity contribution in [3.05, 3.63) is 11.1 Å². The first-order chi connectivity index (χ1) is 10.3. The van der Waals surface area contributed by atoms with Crippen LogP contribution in [0.4, 0.5) is 5.13 Å². The molecule has 1 aromatic heterocycles. The Bertz CT molecular complexity index is 464. The van der Waals surface area contributed by atoms with E-state index in [-0.39, 0.29) is 5.91 Å². The van der Waals surface area contributed by atoms with Crippen LogP contribution in [0.5, 0.6) is 0 Å². The van der Waals surface area contributed by atoms with Crippen molar-refractivity contribution in [3.63, 3.8) is 0 Å². The molecular formula is C15H24N4OS. The minimum absolute atomic E-state index is 0.119. The standard InChI is InChI=1S/C15H24N4OS/c20-14(9-11-1-5-16-6-2-11)19-15-18-10-13(21-15)12-3-7-17-8-4-12/h10-12,16-17H,1-9H2,(H,18,19,20). The maximum atomic E-state index is 12.1. The Labute approximate surface area is 129 Å². The third-order valence-electron chi connectivity index (χ3n) is 4.44. The van der Waals surface area contributed by atoms with Crippen molar-refractivity contribution in [1.82, 2.24) is 15.6 Å². The lowest BCUT2D eigenvalue weighted by Gasteiger charge is -2.21. The highest BCUT2D eigenvalue weighted by atomic mass is 32.1. The lowest BCUT2D eigenvalue weighted by molar-refractivity contribution is -0.117. The van der Waals surface area contributed by atoms with Gasteiger partial charge in [-0.25, -0.2) is 4.98 Å². The fourth-order valence-corrected chi connectivity index (χ4v) is 4.16. The smallest absolute Gasteiger partial charge is 0.226 e. The van der Waals surface area contributed by atoms with Gasteiger partial charge in [0.1, 0.15) is 0 Å². The minimum Gasteiger partial charge on any atom is -0.317 e. The van der Waals surface area contributed by atoms with E-state index in [1.807, 2.05) is 6.20 Å². The molecule has 0 aromatic carbocycles. The minimum atomic E-state index is 0.119. The molecule has 2 aliphatic rings. The number of hydrogen-bond acceptors (Lipinski definition) is 5. The van der Waals surface area contributed by atoms with Gasteiger partial charge >= 0.3 is 0 Å². The number of anilines is 1. The Kier molecular flexibility index (Phi) is 5.22. The van der Waals surface area contributed by atoms with Gasteiger partial charge in [0.25, 0.3) is 0 Å². The van der Waals surface area contributed by atoms with Gasteiger partial charge in [-0.1, -0.05) is 0 Å². The molecule has 1 aromatic rings. The van der Waals surface area contributed by atoms with Crippen molar-refractivity contribution in [2.45, 2.75) is 38.0 Å². The van der Waals surface area contributed by atoms with E-state index in [2.05, 4.69) is 20.9 Å². The normalized spacial score (nSPS) is 21.3. The molecule has 116 valence electrons. The number of hydrogen-bond donors (Lipinski definition) is 3. The predicted octanol–water partition coefficient (Wildman–Crippen LogP) is 1.94. The maximum Gasteiger partial charge on any atom is 0.226 e. The number of amides is 1. The summed E-state index contributed by atoms with van der Waals surface area (Å²) in [6, 6.07) is 0. The molecule has 0 atom stereocenters. The molecule has 0 unspecified atom stereocenters. The van der Waals surface area contributed by atoms with E-state index in [0.717, 1.165) is 44.2 Å². The van der Waals surface area contributed by atoms with Crippen molar-refractivity contribution >= 4 is 22.4 Å². The summed E-state index contributed by atoms with van der Waals surface area (Å²) in [7, 11) is 0. The average Bonchev–Trinajstić information content (AvgIpc) is 2.97. The molecular weight excluding hydrogens is 284 g/mol. The second kappa shape index (κ2) is 7.33. The summed E-state index contributed by atoms with van der Waals surface area (Å²) >= 11 is 1.65. The van der Waals surface area contributed by atoms with Crippen molar-refractivity contribution in [1.29, 1.82) is 0 Å². The second-order valence-corrected chi connectivity index (χ2v) is 7.10. The SMILES string of the molecule is O=C(CC1CCNCC1)Nc1ncc(C2CCNCC2)s1. The molecule has 3 rings (SSSR count). The van der Waals surface area contributed by atoms with Crippen molar-refractivity contribution < 1.29 is 4.79 Å². The largest absolute Gasteiger partial charge is 0.317 e. The third-order valence-corrected chi connectivity index (χ3v) is 5.52. The molecule has 0 saturated carbocycles. The number of nitrogens with one attached hydrogen (secondary N) is 3. The van der Waals surface area contributed by atoms with Crippen molar-refractivity contribution in [2.75, 3.05) is 31.5 Å². The van der Waals surface area contributed by atoms with Gasteiger partial charge in [0.15, 0.2) is 5.13 Å². The van der Waals surface area contributed by atoms with E-state index in [0.29, 0.717) is 18.3 Å². The topological polar surface area (TPSA) is 66.0 Å². The van der Waals surface area contributed by atoms with Crippen molar-refractivity contribution in [3.8, 4) is 0 Å². The summed E-state index contributed by atoms with van der Waals surface area (Å²) in [5.74, 6) is 1.25. The molecule has 6 heteroatoms. The van der Waals surface area contributed by atoms with Gasteiger partial charge in [-0.15, -0.1) is 11.3 Å². The van der Waals surface area contributed by atoms with Crippen LogP contribution in [0.15, 0.2) is 6.20 Å². The summed E-state index contributed by atoms with van der Waals surface area (Å²) in [5.41, 5.74) is 0. The van der Waals surface area contributed by atoms with Crippen LogP contribution in [0.25, 0.3) is 0 Å². The summed E-state index contributed by atoms with van der Waals surface area (Å²) in [6.45, 7) is 4.24. The molecule has 2 fully saturated rings. The van der Waals surface area contributed by atoms with Gasteiger partial charge in [-0.05, 0) is 63.7 Å². The van der Waals surface area contributed by atoms with Crippen LogP contribution in [0, 0.1) is 5.92 Å². The fraction of sp³-hybridized carbons (Fsp3) is 0.733. The van der Waals surface area contributed by atoms with E-state index >= 15 is 0 Å². The van der Waals surface area contributed by atoms with Gasteiger partial charge in [0.2, 0.25) is 5.91 Å².